The van der Waals surface area contributed by atoms with Crippen LogP contribution in [0.4, 0.5) is 0 Å². The fraction of sp³-hybridized carbons (Fsp3) is 0.158. The highest BCUT2D eigenvalue weighted by Gasteiger charge is 2.14. The molecule has 0 aliphatic heterocycles. The Kier molecular flexibility index (Phi) is 3.41. The third-order valence-corrected chi connectivity index (χ3v) is 3.97. The Morgan fingerprint density at radius 3 is 2.41 bits per heavy atom. The van der Waals surface area contributed by atoms with Gasteiger partial charge in [-0.15, -0.1) is 0 Å². The van der Waals surface area contributed by atoms with Gasteiger partial charge in [-0.1, -0.05) is 23.8 Å². The van der Waals surface area contributed by atoms with Crippen LogP contribution in [0.1, 0.15) is 27.0 Å². The summed E-state index contributed by atoms with van der Waals surface area (Å²) < 4.78 is 0. The molecular weight excluding hydrogens is 274 g/mol. The number of pyridine rings is 1. The molecule has 0 fully saturated rings. The molecule has 0 spiro atoms. The first kappa shape index (κ1) is 14.3. The van der Waals surface area contributed by atoms with Crippen molar-refractivity contribution in [3.63, 3.8) is 0 Å². The van der Waals surface area contributed by atoms with Crippen LogP contribution in [0.15, 0.2) is 42.5 Å². The molecule has 0 amide bonds. The molecule has 22 heavy (non-hydrogen) atoms. The van der Waals surface area contributed by atoms with Crippen molar-refractivity contribution < 1.29 is 9.90 Å². The van der Waals surface area contributed by atoms with Crippen molar-refractivity contribution in [3.05, 3.63) is 64.7 Å². The normalized spacial score (nSPS) is 10.9. The molecule has 3 rings (SSSR count). The second kappa shape index (κ2) is 5.26. The molecule has 1 heterocycles. The van der Waals surface area contributed by atoms with E-state index in [0.717, 1.165) is 27.8 Å². The zero-order valence-corrected chi connectivity index (χ0v) is 12.8. The van der Waals surface area contributed by atoms with E-state index in [-0.39, 0.29) is 0 Å². The Labute approximate surface area is 129 Å². The van der Waals surface area contributed by atoms with Gasteiger partial charge in [0.15, 0.2) is 0 Å². The summed E-state index contributed by atoms with van der Waals surface area (Å²) in [6.07, 6.45) is 0. The number of rotatable bonds is 2. The van der Waals surface area contributed by atoms with Crippen LogP contribution in [0.25, 0.3) is 22.2 Å². The van der Waals surface area contributed by atoms with E-state index in [1.165, 1.54) is 0 Å². The summed E-state index contributed by atoms with van der Waals surface area (Å²) in [5.74, 6) is -0.926. The number of carbonyl (C=O) groups is 1. The molecule has 3 heteroatoms. The zero-order chi connectivity index (χ0) is 15.9. The van der Waals surface area contributed by atoms with Crippen LogP contribution in [0.5, 0.6) is 0 Å². The molecule has 0 aliphatic carbocycles. The van der Waals surface area contributed by atoms with Crippen molar-refractivity contribution in [2.75, 3.05) is 0 Å². The van der Waals surface area contributed by atoms with E-state index in [9.17, 15) is 9.90 Å². The zero-order valence-electron chi connectivity index (χ0n) is 12.8. The number of fused-ring (bicyclic) bond motifs is 1. The van der Waals surface area contributed by atoms with E-state index in [0.29, 0.717) is 16.6 Å². The maximum absolute atomic E-state index is 11.6. The number of benzene rings is 2. The maximum atomic E-state index is 11.6. The molecule has 1 aromatic heterocycles. The van der Waals surface area contributed by atoms with Crippen LogP contribution < -0.4 is 0 Å². The van der Waals surface area contributed by atoms with E-state index in [4.69, 9.17) is 0 Å². The summed E-state index contributed by atoms with van der Waals surface area (Å²) in [5.41, 5.74) is 5.94. The molecule has 0 aliphatic rings. The summed E-state index contributed by atoms with van der Waals surface area (Å²) in [7, 11) is 0. The van der Waals surface area contributed by atoms with Crippen LogP contribution in [-0.2, 0) is 0 Å². The van der Waals surface area contributed by atoms with Gasteiger partial charge in [0, 0.05) is 10.9 Å². The van der Waals surface area contributed by atoms with E-state index < -0.39 is 5.97 Å². The summed E-state index contributed by atoms with van der Waals surface area (Å²) in [4.78, 5) is 16.3. The number of hydrogen-bond acceptors (Lipinski definition) is 2. The van der Waals surface area contributed by atoms with Crippen molar-refractivity contribution in [3.8, 4) is 11.3 Å². The predicted molar refractivity (Wildman–Crippen MR) is 88.3 cm³/mol. The lowest BCUT2D eigenvalue weighted by molar-refractivity contribution is 0.0699. The van der Waals surface area contributed by atoms with Crippen LogP contribution in [0, 0.1) is 20.8 Å². The van der Waals surface area contributed by atoms with Gasteiger partial charge in [0.1, 0.15) is 0 Å². The van der Waals surface area contributed by atoms with E-state index in [1.54, 1.807) is 6.07 Å². The van der Waals surface area contributed by atoms with Crippen LogP contribution in [0.2, 0.25) is 0 Å². The number of carboxylic acids is 1. The van der Waals surface area contributed by atoms with Gasteiger partial charge in [-0.25, -0.2) is 9.78 Å². The van der Waals surface area contributed by atoms with Gasteiger partial charge in [0.25, 0.3) is 0 Å². The Morgan fingerprint density at radius 2 is 1.73 bits per heavy atom. The number of aromatic nitrogens is 1. The number of nitrogens with zero attached hydrogens (tertiary/aromatic N) is 1. The Bertz CT molecular complexity index is 897. The van der Waals surface area contributed by atoms with Gasteiger partial charge in [-0.3, -0.25) is 0 Å². The van der Waals surface area contributed by atoms with Gasteiger partial charge in [-0.2, -0.15) is 0 Å². The number of aromatic carboxylic acids is 1. The molecule has 0 unspecified atom stereocenters. The monoisotopic (exact) mass is 291 g/mol. The van der Waals surface area contributed by atoms with Crippen molar-refractivity contribution in [1.82, 2.24) is 4.98 Å². The molecule has 0 atom stereocenters. The molecule has 0 bridgehead atoms. The molecule has 3 aromatic rings. The largest absolute Gasteiger partial charge is 0.478 e. The quantitative estimate of drug-likeness (QED) is 0.755. The second-order valence-electron chi connectivity index (χ2n) is 5.68. The van der Waals surface area contributed by atoms with Crippen LogP contribution in [0.3, 0.4) is 0 Å². The minimum Gasteiger partial charge on any atom is -0.478 e. The third kappa shape index (κ3) is 2.46. The highest BCUT2D eigenvalue weighted by atomic mass is 16.4. The Hall–Kier alpha value is -2.68. The van der Waals surface area contributed by atoms with Gasteiger partial charge >= 0.3 is 5.97 Å². The van der Waals surface area contributed by atoms with Crippen LogP contribution in [-0.4, -0.2) is 16.1 Å². The first-order chi connectivity index (χ1) is 10.5. The first-order valence-electron chi connectivity index (χ1n) is 7.18. The molecule has 3 nitrogen and oxygen atoms in total. The van der Waals surface area contributed by atoms with E-state index in [2.05, 4.69) is 4.98 Å². The van der Waals surface area contributed by atoms with E-state index >= 15 is 0 Å². The summed E-state index contributed by atoms with van der Waals surface area (Å²) in [6.45, 7) is 6.00. The van der Waals surface area contributed by atoms with Gasteiger partial charge < -0.3 is 5.11 Å². The lowest BCUT2D eigenvalue weighted by Crippen LogP contribution is -2.01. The second-order valence-corrected chi connectivity index (χ2v) is 5.68. The lowest BCUT2D eigenvalue weighted by Gasteiger charge is -2.10. The number of carboxylic acid groups (broad SMARTS) is 1. The summed E-state index contributed by atoms with van der Waals surface area (Å²) in [6, 6.07) is 13.5. The highest BCUT2D eigenvalue weighted by molar-refractivity contribution is 6.04. The molecular formula is C19H17NO2. The molecule has 0 saturated heterocycles. The minimum atomic E-state index is -0.926. The summed E-state index contributed by atoms with van der Waals surface area (Å²) in [5, 5.41) is 10.2. The maximum Gasteiger partial charge on any atom is 0.336 e. The topological polar surface area (TPSA) is 50.2 Å². The molecule has 2 aromatic carbocycles. The predicted octanol–water partition coefficient (Wildman–Crippen LogP) is 4.53. The minimum absolute atomic E-state index is 0.296. The fourth-order valence-corrected chi connectivity index (χ4v) is 2.61. The SMILES string of the molecule is Cc1cccc(-c2cc(C(=O)O)c3cc(C)c(C)cc3n2)c1. The lowest BCUT2D eigenvalue weighted by atomic mass is 9.99. The van der Waals surface area contributed by atoms with Gasteiger partial charge in [0.2, 0.25) is 0 Å². The van der Waals surface area contributed by atoms with Crippen molar-refractivity contribution in [1.29, 1.82) is 0 Å². The third-order valence-electron chi connectivity index (χ3n) is 3.97. The van der Waals surface area contributed by atoms with Crippen molar-refractivity contribution in [2.45, 2.75) is 20.8 Å². The standard InChI is InChI=1S/C19H17NO2/c1-11-5-4-6-14(7-11)17-10-16(19(21)22)15-8-12(2)13(3)9-18(15)20-17/h4-10H,1-3H3,(H,21,22). The fourth-order valence-electron chi connectivity index (χ4n) is 2.61. The molecule has 0 radical (unpaired) electrons. The molecule has 1 N–H and O–H groups in total. The number of hydrogen-bond donors (Lipinski definition) is 1. The van der Waals surface area contributed by atoms with Crippen molar-refractivity contribution >= 4 is 16.9 Å². The highest BCUT2D eigenvalue weighted by Crippen LogP contribution is 2.27. The van der Waals surface area contributed by atoms with Gasteiger partial charge in [-0.05, 0) is 56.2 Å². The van der Waals surface area contributed by atoms with E-state index in [1.807, 2.05) is 57.2 Å². The Morgan fingerprint density at radius 1 is 1.00 bits per heavy atom. The van der Waals surface area contributed by atoms with Crippen molar-refractivity contribution in [2.24, 2.45) is 0 Å². The Balaban J connectivity index is 2.34. The smallest absolute Gasteiger partial charge is 0.336 e. The van der Waals surface area contributed by atoms with Crippen LogP contribution >= 0.6 is 0 Å². The average Bonchev–Trinajstić information content (AvgIpc) is 2.47. The average molecular weight is 291 g/mol. The van der Waals surface area contributed by atoms with Gasteiger partial charge in [0.05, 0.1) is 16.8 Å². The molecule has 0 saturated carbocycles. The summed E-state index contributed by atoms with van der Waals surface area (Å²) >= 11 is 0. The molecule has 110 valence electrons. The number of aryl methyl sites for hydroxylation is 3. The first-order valence-corrected chi connectivity index (χ1v) is 7.18.